The summed E-state index contributed by atoms with van der Waals surface area (Å²) in [5, 5.41) is 2.35. The molecule has 2 aromatic rings. The fourth-order valence-corrected chi connectivity index (χ4v) is 2.01. The number of fused-ring (bicyclic) bond motifs is 1. The number of hydrogen-bond donors (Lipinski definition) is 0. The van der Waals surface area contributed by atoms with Crippen molar-refractivity contribution < 1.29 is 4.74 Å². The molecule has 15 heavy (non-hydrogen) atoms. The maximum atomic E-state index is 5.30. The Morgan fingerprint density at radius 3 is 2.47 bits per heavy atom. The van der Waals surface area contributed by atoms with Crippen molar-refractivity contribution in [3.8, 4) is 5.88 Å². The molecule has 2 rings (SSSR count). The summed E-state index contributed by atoms with van der Waals surface area (Å²) in [6, 6.07) is 8.26. The molecule has 0 saturated carbocycles. The minimum atomic E-state index is 0.723. The van der Waals surface area contributed by atoms with Crippen LogP contribution in [0, 0.1) is 6.92 Å². The van der Waals surface area contributed by atoms with Crippen molar-refractivity contribution in [2.24, 2.45) is 0 Å². The molecule has 0 N–H and O–H groups in total. The first kappa shape index (κ1) is 9.97. The van der Waals surface area contributed by atoms with Gasteiger partial charge in [0.05, 0.1) is 7.11 Å². The van der Waals surface area contributed by atoms with E-state index in [2.05, 4.69) is 30.1 Å². The topological polar surface area (TPSA) is 22.1 Å². The van der Waals surface area contributed by atoms with E-state index >= 15 is 0 Å². The number of methoxy groups -OCH3 is 1. The first-order chi connectivity index (χ1) is 7.27. The molecule has 0 aliphatic heterocycles. The highest BCUT2D eigenvalue weighted by Crippen LogP contribution is 2.28. The summed E-state index contributed by atoms with van der Waals surface area (Å²) < 4.78 is 5.30. The van der Waals surface area contributed by atoms with E-state index in [1.807, 2.05) is 13.0 Å². The van der Waals surface area contributed by atoms with Gasteiger partial charge in [0.15, 0.2) is 0 Å². The molecule has 1 aromatic heterocycles. The van der Waals surface area contributed by atoms with Crippen molar-refractivity contribution in [2.45, 2.75) is 20.3 Å². The Labute approximate surface area is 89.9 Å². The summed E-state index contributed by atoms with van der Waals surface area (Å²) in [4.78, 5) is 4.47. The molecule has 78 valence electrons. The molecule has 0 spiro atoms. The maximum Gasteiger partial charge on any atom is 0.221 e. The first-order valence-electron chi connectivity index (χ1n) is 5.20. The molecule has 0 radical (unpaired) electrons. The Morgan fingerprint density at radius 1 is 1.20 bits per heavy atom. The van der Waals surface area contributed by atoms with Crippen LogP contribution in [-0.2, 0) is 6.42 Å². The minimum absolute atomic E-state index is 0.723. The Bertz CT molecular complexity index is 491. The van der Waals surface area contributed by atoms with Gasteiger partial charge < -0.3 is 4.74 Å². The molecule has 0 amide bonds. The normalized spacial score (nSPS) is 10.6. The summed E-state index contributed by atoms with van der Waals surface area (Å²) in [7, 11) is 1.67. The molecule has 2 nitrogen and oxygen atoms in total. The van der Waals surface area contributed by atoms with Crippen LogP contribution in [0.2, 0.25) is 0 Å². The van der Waals surface area contributed by atoms with Gasteiger partial charge in [-0.2, -0.15) is 0 Å². The molecule has 0 bridgehead atoms. The smallest absolute Gasteiger partial charge is 0.221 e. The average molecular weight is 201 g/mol. The SMILES string of the molecule is CCc1c(C)nc(OC)c2ccccc12. The Hall–Kier alpha value is -1.57. The Balaban J connectivity index is 2.86. The quantitative estimate of drug-likeness (QED) is 0.744. The van der Waals surface area contributed by atoms with E-state index in [9.17, 15) is 0 Å². The fraction of sp³-hybridized carbons (Fsp3) is 0.308. The van der Waals surface area contributed by atoms with Gasteiger partial charge in [0, 0.05) is 11.1 Å². The number of benzene rings is 1. The number of ether oxygens (including phenoxy) is 1. The van der Waals surface area contributed by atoms with E-state index in [1.54, 1.807) is 7.11 Å². The highest BCUT2D eigenvalue weighted by atomic mass is 16.5. The third-order valence-electron chi connectivity index (χ3n) is 2.74. The van der Waals surface area contributed by atoms with Gasteiger partial charge in [-0.15, -0.1) is 0 Å². The molecule has 0 unspecified atom stereocenters. The maximum absolute atomic E-state index is 5.30. The van der Waals surface area contributed by atoms with E-state index in [1.165, 1.54) is 10.9 Å². The first-order valence-corrected chi connectivity index (χ1v) is 5.20. The number of aryl methyl sites for hydroxylation is 2. The Morgan fingerprint density at radius 2 is 1.87 bits per heavy atom. The zero-order chi connectivity index (χ0) is 10.8. The molecule has 0 aliphatic rings. The molecule has 1 heterocycles. The summed E-state index contributed by atoms with van der Waals surface area (Å²) in [6.45, 7) is 4.19. The number of rotatable bonds is 2. The summed E-state index contributed by atoms with van der Waals surface area (Å²) in [5.41, 5.74) is 2.37. The molecule has 0 fully saturated rings. The lowest BCUT2D eigenvalue weighted by atomic mass is 10.0. The second-order valence-electron chi connectivity index (χ2n) is 3.58. The second kappa shape index (κ2) is 3.89. The molecule has 1 aromatic carbocycles. The predicted octanol–water partition coefficient (Wildman–Crippen LogP) is 3.11. The van der Waals surface area contributed by atoms with Gasteiger partial charge in [-0.25, -0.2) is 4.98 Å². The third-order valence-corrected chi connectivity index (χ3v) is 2.74. The minimum Gasteiger partial charge on any atom is -0.481 e. The highest BCUT2D eigenvalue weighted by Gasteiger charge is 2.09. The van der Waals surface area contributed by atoms with E-state index in [0.29, 0.717) is 0 Å². The predicted molar refractivity (Wildman–Crippen MR) is 62.4 cm³/mol. The van der Waals surface area contributed by atoms with Crippen molar-refractivity contribution >= 4 is 10.8 Å². The number of pyridine rings is 1. The lowest BCUT2D eigenvalue weighted by Crippen LogP contribution is -1.97. The summed E-state index contributed by atoms with van der Waals surface area (Å²) in [5.74, 6) is 0.723. The van der Waals surface area contributed by atoms with Crippen molar-refractivity contribution in [3.05, 3.63) is 35.5 Å². The number of nitrogens with zero attached hydrogens (tertiary/aromatic N) is 1. The van der Waals surface area contributed by atoms with Crippen LogP contribution in [0.5, 0.6) is 5.88 Å². The molecule has 0 saturated heterocycles. The standard InChI is InChI=1S/C13H15NO/c1-4-10-9(2)14-13(15-3)12-8-6-5-7-11(10)12/h5-8H,4H2,1-3H3. The van der Waals surface area contributed by atoms with Gasteiger partial charge in [-0.1, -0.05) is 25.1 Å². The second-order valence-corrected chi connectivity index (χ2v) is 3.58. The molecular formula is C13H15NO. The van der Waals surface area contributed by atoms with Gasteiger partial charge >= 0.3 is 0 Å². The molecule has 0 aliphatic carbocycles. The zero-order valence-electron chi connectivity index (χ0n) is 9.37. The number of hydrogen-bond acceptors (Lipinski definition) is 2. The fourth-order valence-electron chi connectivity index (χ4n) is 2.01. The van der Waals surface area contributed by atoms with E-state index in [4.69, 9.17) is 4.74 Å². The number of aromatic nitrogens is 1. The monoisotopic (exact) mass is 201 g/mol. The van der Waals surface area contributed by atoms with Crippen LogP contribution >= 0.6 is 0 Å². The van der Waals surface area contributed by atoms with Gasteiger partial charge in [0.1, 0.15) is 0 Å². The molecule has 0 atom stereocenters. The van der Waals surface area contributed by atoms with E-state index in [-0.39, 0.29) is 0 Å². The van der Waals surface area contributed by atoms with Crippen molar-refractivity contribution in [1.82, 2.24) is 4.98 Å². The van der Waals surface area contributed by atoms with Gasteiger partial charge in [0.2, 0.25) is 5.88 Å². The van der Waals surface area contributed by atoms with Gasteiger partial charge in [-0.05, 0) is 30.4 Å². The van der Waals surface area contributed by atoms with Crippen LogP contribution < -0.4 is 4.74 Å². The summed E-state index contributed by atoms with van der Waals surface area (Å²) in [6.07, 6.45) is 1.00. The van der Waals surface area contributed by atoms with Crippen molar-refractivity contribution in [1.29, 1.82) is 0 Å². The van der Waals surface area contributed by atoms with Gasteiger partial charge in [-0.3, -0.25) is 0 Å². The zero-order valence-corrected chi connectivity index (χ0v) is 9.37. The van der Waals surface area contributed by atoms with E-state index in [0.717, 1.165) is 23.4 Å². The average Bonchev–Trinajstić information content (AvgIpc) is 2.28. The summed E-state index contributed by atoms with van der Waals surface area (Å²) >= 11 is 0. The molecule has 2 heteroatoms. The van der Waals surface area contributed by atoms with Gasteiger partial charge in [0.25, 0.3) is 0 Å². The lowest BCUT2D eigenvalue weighted by Gasteiger charge is -2.11. The molecular weight excluding hydrogens is 186 g/mol. The van der Waals surface area contributed by atoms with Crippen LogP contribution in [0.3, 0.4) is 0 Å². The highest BCUT2D eigenvalue weighted by molar-refractivity contribution is 5.90. The van der Waals surface area contributed by atoms with Crippen molar-refractivity contribution in [2.75, 3.05) is 7.11 Å². The lowest BCUT2D eigenvalue weighted by molar-refractivity contribution is 0.402. The van der Waals surface area contributed by atoms with Crippen LogP contribution in [0.15, 0.2) is 24.3 Å². The van der Waals surface area contributed by atoms with Crippen LogP contribution in [0.25, 0.3) is 10.8 Å². The Kier molecular flexibility index (Phi) is 2.58. The third kappa shape index (κ3) is 1.56. The van der Waals surface area contributed by atoms with Crippen molar-refractivity contribution in [3.63, 3.8) is 0 Å². The largest absolute Gasteiger partial charge is 0.481 e. The van der Waals surface area contributed by atoms with Crippen LogP contribution in [0.4, 0.5) is 0 Å². The van der Waals surface area contributed by atoms with Crippen LogP contribution in [0.1, 0.15) is 18.2 Å². The van der Waals surface area contributed by atoms with Crippen LogP contribution in [-0.4, -0.2) is 12.1 Å². The van der Waals surface area contributed by atoms with E-state index < -0.39 is 0 Å².